The number of sulfonamides is 1. The van der Waals surface area contributed by atoms with Gasteiger partial charge in [0.05, 0.1) is 24.8 Å². The predicted octanol–water partition coefficient (Wildman–Crippen LogP) is 6.71. The molecule has 0 atom stereocenters. The van der Waals surface area contributed by atoms with Gasteiger partial charge in [-0.2, -0.15) is 4.31 Å². The maximum Gasteiger partial charge on any atom is 0.243 e. The number of hydrogen-bond acceptors (Lipinski definition) is 7. The molecule has 39 heavy (non-hydrogen) atoms. The highest BCUT2D eigenvalue weighted by atomic mass is 32.2. The van der Waals surface area contributed by atoms with Crippen LogP contribution in [0.15, 0.2) is 40.6 Å². The number of piperazine rings is 1. The van der Waals surface area contributed by atoms with Gasteiger partial charge in [-0.3, -0.25) is 0 Å². The molecule has 1 aromatic heterocycles. The normalized spacial score (nSPS) is 15.0. The minimum absolute atomic E-state index is 0.109. The molecule has 0 saturated carbocycles. The van der Waals surface area contributed by atoms with E-state index >= 15 is 0 Å². The summed E-state index contributed by atoms with van der Waals surface area (Å²) in [6.07, 6.45) is 0. The fourth-order valence-electron chi connectivity index (χ4n) is 4.97. The number of rotatable bonds is 9. The van der Waals surface area contributed by atoms with Crippen LogP contribution in [0.1, 0.15) is 76.0 Å². The summed E-state index contributed by atoms with van der Waals surface area (Å²) in [4.78, 5) is 7.55. The molecule has 2 heterocycles. The summed E-state index contributed by atoms with van der Waals surface area (Å²) in [6, 6.07) is 9.98. The van der Waals surface area contributed by atoms with E-state index in [0.717, 1.165) is 27.5 Å². The first kappa shape index (κ1) is 29.4. The van der Waals surface area contributed by atoms with Crippen LogP contribution in [0.25, 0.3) is 11.3 Å². The average Bonchev–Trinajstić information content (AvgIpc) is 3.42. The molecule has 7 nitrogen and oxygen atoms in total. The van der Waals surface area contributed by atoms with E-state index < -0.39 is 10.0 Å². The summed E-state index contributed by atoms with van der Waals surface area (Å²) in [5.74, 6) is 1.89. The molecule has 0 radical (unpaired) electrons. The van der Waals surface area contributed by atoms with Crippen LogP contribution in [0, 0.1) is 0 Å². The second kappa shape index (κ2) is 11.9. The standard InChI is InChI=1S/C30H41N3O4S2/c1-19(2)23-15-24(20(3)4)29(25(16-23)21(5)6)39(34,35)33-13-11-32(12-14-33)30-31-26(18-38-30)22-9-10-27(36-7)28(17-22)37-8/h9-10,15-21H,11-14H2,1-8H3. The van der Waals surface area contributed by atoms with E-state index in [1.807, 2.05) is 23.6 Å². The molecule has 1 saturated heterocycles. The third-order valence-electron chi connectivity index (χ3n) is 7.36. The van der Waals surface area contributed by atoms with Crippen LogP contribution < -0.4 is 14.4 Å². The monoisotopic (exact) mass is 571 g/mol. The summed E-state index contributed by atoms with van der Waals surface area (Å²) in [5, 5.41) is 2.92. The Balaban J connectivity index is 1.56. The summed E-state index contributed by atoms with van der Waals surface area (Å²) in [6.45, 7) is 14.7. The fourth-order valence-corrected chi connectivity index (χ4v) is 7.95. The first-order valence-electron chi connectivity index (χ1n) is 13.6. The lowest BCUT2D eigenvalue weighted by Crippen LogP contribution is -2.49. The van der Waals surface area contributed by atoms with Crippen LogP contribution in [0.4, 0.5) is 5.13 Å². The molecular formula is C30H41N3O4S2. The quantitative estimate of drug-likeness (QED) is 0.284. The Labute approximate surface area is 237 Å². The maximum absolute atomic E-state index is 14.1. The van der Waals surface area contributed by atoms with Gasteiger partial charge < -0.3 is 14.4 Å². The van der Waals surface area contributed by atoms with E-state index in [9.17, 15) is 8.42 Å². The summed E-state index contributed by atoms with van der Waals surface area (Å²) in [7, 11) is -0.413. The third-order valence-corrected chi connectivity index (χ3v) is 10.3. The predicted molar refractivity (Wildman–Crippen MR) is 160 cm³/mol. The van der Waals surface area contributed by atoms with Crippen LogP contribution in [0.2, 0.25) is 0 Å². The topological polar surface area (TPSA) is 72.0 Å². The smallest absolute Gasteiger partial charge is 0.243 e. The van der Waals surface area contributed by atoms with Crippen molar-refractivity contribution in [1.29, 1.82) is 0 Å². The highest BCUT2D eigenvalue weighted by Gasteiger charge is 2.34. The Morgan fingerprint density at radius 1 is 0.821 bits per heavy atom. The van der Waals surface area contributed by atoms with Gasteiger partial charge in [-0.05, 0) is 52.6 Å². The van der Waals surface area contributed by atoms with Crippen molar-refractivity contribution in [3.63, 3.8) is 0 Å². The second-order valence-corrected chi connectivity index (χ2v) is 13.7. The van der Waals surface area contributed by atoms with Crippen molar-refractivity contribution in [3.8, 4) is 22.8 Å². The van der Waals surface area contributed by atoms with Gasteiger partial charge in [0.2, 0.25) is 10.0 Å². The Morgan fingerprint density at radius 2 is 1.41 bits per heavy atom. The van der Waals surface area contributed by atoms with Gasteiger partial charge >= 0.3 is 0 Å². The lowest BCUT2D eigenvalue weighted by atomic mass is 9.89. The summed E-state index contributed by atoms with van der Waals surface area (Å²) in [5.41, 5.74) is 4.85. The van der Waals surface area contributed by atoms with Crippen molar-refractivity contribution < 1.29 is 17.9 Å². The van der Waals surface area contributed by atoms with E-state index in [1.165, 1.54) is 5.56 Å². The van der Waals surface area contributed by atoms with Crippen LogP contribution in [0.5, 0.6) is 11.5 Å². The fraction of sp³-hybridized carbons (Fsp3) is 0.500. The molecular weight excluding hydrogens is 530 g/mol. The van der Waals surface area contributed by atoms with Crippen molar-refractivity contribution in [2.75, 3.05) is 45.3 Å². The zero-order valence-electron chi connectivity index (χ0n) is 24.3. The highest BCUT2D eigenvalue weighted by Crippen LogP contribution is 2.38. The van der Waals surface area contributed by atoms with E-state index in [-0.39, 0.29) is 11.8 Å². The molecule has 0 amide bonds. The minimum Gasteiger partial charge on any atom is -0.493 e. The lowest BCUT2D eigenvalue weighted by Gasteiger charge is -2.35. The molecule has 1 aliphatic heterocycles. The summed E-state index contributed by atoms with van der Waals surface area (Å²) >= 11 is 1.57. The number of hydrogen-bond donors (Lipinski definition) is 0. The Kier molecular flexibility index (Phi) is 8.93. The van der Waals surface area contributed by atoms with Crippen molar-refractivity contribution in [2.24, 2.45) is 0 Å². The maximum atomic E-state index is 14.1. The van der Waals surface area contributed by atoms with Crippen molar-refractivity contribution in [1.82, 2.24) is 9.29 Å². The minimum atomic E-state index is -3.65. The van der Waals surface area contributed by atoms with Crippen molar-refractivity contribution in [2.45, 2.75) is 64.2 Å². The van der Waals surface area contributed by atoms with Crippen LogP contribution >= 0.6 is 11.3 Å². The molecule has 212 valence electrons. The van der Waals surface area contributed by atoms with Gasteiger partial charge in [0, 0.05) is 37.1 Å². The number of thiazole rings is 1. The van der Waals surface area contributed by atoms with Crippen LogP contribution in [0.3, 0.4) is 0 Å². The van der Waals surface area contributed by atoms with Gasteiger partial charge in [0.15, 0.2) is 16.6 Å². The zero-order valence-corrected chi connectivity index (χ0v) is 25.9. The SMILES string of the molecule is COc1ccc(-c2csc(N3CCN(S(=O)(=O)c4c(C(C)C)cc(C(C)C)cc4C(C)C)CC3)n2)cc1OC. The number of nitrogens with zero attached hydrogens (tertiary/aromatic N) is 3. The lowest BCUT2D eigenvalue weighted by molar-refractivity contribution is 0.355. The van der Waals surface area contributed by atoms with Gasteiger partial charge in [-0.15, -0.1) is 11.3 Å². The zero-order chi connectivity index (χ0) is 28.5. The van der Waals surface area contributed by atoms with Crippen LogP contribution in [-0.2, 0) is 10.0 Å². The Hall–Kier alpha value is -2.62. The first-order valence-corrected chi connectivity index (χ1v) is 15.9. The molecule has 0 N–H and O–H groups in total. The molecule has 0 aliphatic carbocycles. The molecule has 9 heteroatoms. The molecule has 4 rings (SSSR count). The van der Waals surface area contributed by atoms with Crippen molar-refractivity contribution >= 4 is 26.5 Å². The van der Waals surface area contributed by atoms with Gasteiger partial charge in [0.1, 0.15) is 0 Å². The molecule has 0 unspecified atom stereocenters. The molecule has 0 spiro atoms. The summed E-state index contributed by atoms with van der Waals surface area (Å²) < 4.78 is 40.7. The number of benzene rings is 2. The van der Waals surface area contributed by atoms with Gasteiger partial charge in [-0.1, -0.05) is 53.7 Å². The first-order chi connectivity index (χ1) is 18.5. The largest absolute Gasteiger partial charge is 0.493 e. The van der Waals surface area contributed by atoms with Gasteiger partial charge in [0.25, 0.3) is 0 Å². The van der Waals surface area contributed by atoms with E-state index in [2.05, 4.69) is 58.6 Å². The number of anilines is 1. The number of methoxy groups -OCH3 is 2. The molecule has 1 aliphatic rings. The van der Waals surface area contributed by atoms with E-state index in [0.29, 0.717) is 48.5 Å². The molecule has 3 aromatic rings. The van der Waals surface area contributed by atoms with E-state index in [1.54, 1.807) is 29.9 Å². The highest BCUT2D eigenvalue weighted by molar-refractivity contribution is 7.89. The van der Waals surface area contributed by atoms with Gasteiger partial charge in [-0.25, -0.2) is 13.4 Å². The number of ether oxygens (including phenoxy) is 2. The molecule has 0 bridgehead atoms. The third kappa shape index (κ3) is 5.95. The Morgan fingerprint density at radius 3 is 1.92 bits per heavy atom. The molecule has 2 aromatic carbocycles. The second-order valence-electron chi connectivity index (χ2n) is 11.0. The van der Waals surface area contributed by atoms with Crippen LogP contribution in [-0.4, -0.2) is 58.1 Å². The molecule has 1 fully saturated rings. The average molecular weight is 572 g/mol. The Bertz CT molecular complexity index is 1380. The van der Waals surface area contributed by atoms with Crippen molar-refractivity contribution in [3.05, 3.63) is 52.4 Å². The number of aromatic nitrogens is 1. The van der Waals surface area contributed by atoms with E-state index in [4.69, 9.17) is 14.5 Å².